The molecule has 6 nitrogen and oxygen atoms in total. The quantitative estimate of drug-likeness (QED) is 0.829. The van der Waals surface area contributed by atoms with Crippen molar-refractivity contribution in [3.05, 3.63) is 34.9 Å². The fourth-order valence-electron chi connectivity index (χ4n) is 1.82. The number of rotatable bonds is 5. The summed E-state index contributed by atoms with van der Waals surface area (Å²) in [6.45, 7) is 0.366. The minimum absolute atomic E-state index is 0.0278. The van der Waals surface area contributed by atoms with Crippen molar-refractivity contribution in [1.82, 2.24) is 5.32 Å². The molecular weight excluding hydrogens is 298 g/mol. The Morgan fingerprint density at radius 3 is 2.81 bits per heavy atom. The summed E-state index contributed by atoms with van der Waals surface area (Å²) in [6.07, 6.45) is -0.479. The molecule has 0 bridgehead atoms. The van der Waals surface area contributed by atoms with Crippen molar-refractivity contribution in [1.29, 1.82) is 0 Å². The van der Waals surface area contributed by atoms with Crippen molar-refractivity contribution >= 4 is 29.4 Å². The second-order valence-electron chi connectivity index (χ2n) is 4.42. The second kappa shape index (κ2) is 7.08. The maximum Gasteiger partial charge on any atom is 0.347 e. The van der Waals surface area contributed by atoms with E-state index in [4.69, 9.17) is 16.3 Å². The number of hydrogen-bond acceptors (Lipinski definition) is 5. The number of amides is 1. The van der Waals surface area contributed by atoms with Gasteiger partial charge in [-0.05, 0) is 12.1 Å². The Morgan fingerprint density at radius 2 is 2.14 bits per heavy atom. The third-order valence-corrected chi connectivity index (χ3v) is 3.22. The molecule has 0 radical (unpaired) electrons. The Morgan fingerprint density at radius 1 is 1.38 bits per heavy atom. The van der Waals surface area contributed by atoms with Gasteiger partial charge in [0.25, 0.3) is 5.91 Å². The van der Waals surface area contributed by atoms with Gasteiger partial charge < -0.3 is 14.8 Å². The SMILES string of the molecule is O=C(CCNC(=O)c1ccccc1Cl)OC1CCOC1=O. The van der Waals surface area contributed by atoms with E-state index in [-0.39, 0.29) is 25.5 Å². The van der Waals surface area contributed by atoms with Crippen LogP contribution in [0.4, 0.5) is 0 Å². The van der Waals surface area contributed by atoms with E-state index in [1.165, 1.54) is 0 Å². The van der Waals surface area contributed by atoms with Crippen LogP contribution in [0.15, 0.2) is 24.3 Å². The lowest BCUT2D eigenvalue weighted by Crippen LogP contribution is -2.29. The number of cyclic esters (lactones) is 1. The van der Waals surface area contributed by atoms with Gasteiger partial charge in [0, 0.05) is 13.0 Å². The number of esters is 2. The Hall–Kier alpha value is -2.08. The maximum absolute atomic E-state index is 11.8. The summed E-state index contributed by atoms with van der Waals surface area (Å²) in [5.41, 5.74) is 0.340. The molecule has 0 aromatic heterocycles. The molecule has 1 aromatic rings. The zero-order valence-corrected chi connectivity index (χ0v) is 11.9. The third-order valence-electron chi connectivity index (χ3n) is 2.89. The molecule has 1 heterocycles. The van der Waals surface area contributed by atoms with E-state index >= 15 is 0 Å². The molecule has 2 rings (SSSR count). The maximum atomic E-state index is 11.8. The van der Waals surface area contributed by atoms with E-state index in [0.29, 0.717) is 17.0 Å². The molecule has 1 fully saturated rings. The van der Waals surface area contributed by atoms with E-state index in [9.17, 15) is 14.4 Å². The lowest BCUT2D eigenvalue weighted by Gasteiger charge is -2.09. The van der Waals surface area contributed by atoms with Crippen LogP contribution in [-0.2, 0) is 19.1 Å². The number of carbonyl (C=O) groups is 3. The van der Waals surface area contributed by atoms with Crippen LogP contribution in [0.25, 0.3) is 0 Å². The van der Waals surface area contributed by atoms with E-state index < -0.39 is 18.0 Å². The first kappa shape index (κ1) is 15.3. The summed E-state index contributed by atoms with van der Waals surface area (Å²) >= 11 is 5.89. The van der Waals surface area contributed by atoms with E-state index in [1.807, 2.05) is 0 Å². The minimum Gasteiger partial charge on any atom is -0.463 e. The predicted molar refractivity (Wildman–Crippen MR) is 73.9 cm³/mol. The third kappa shape index (κ3) is 4.19. The first-order valence-corrected chi connectivity index (χ1v) is 6.84. The number of benzene rings is 1. The van der Waals surface area contributed by atoms with Gasteiger partial charge in [0.1, 0.15) is 0 Å². The number of nitrogens with one attached hydrogen (secondary N) is 1. The van der Waals surface area contributed by atoms with Crippen molar-refractivity contribution in [2.75, 3.05) is 13.2 Å². The molecule has 1 saturated heterocycles. The number of halogens is 1. The molecule has 112 valence electrons. The van der Waals surface area contributed by atoms with Crippen LogP contribution < -0.4 is 5.32 Å². The van der Waals surface area contributed by atoms with Gasteiger partial charge in [0.05, 0.1) is 23.6 Å². The molecule has 0 aliphatic carbocycles. The molecule has 0 saturated carbocycles. The highest BCUT2D eigenvalue weighted by Crippen LogP contribution is 2.14. The van der Waals surface area contributed by atoms with E-state index in [1.54, 1.807) is 24.3 Å². The summed E-state index contributed by atoms with van der Waals surface area (Å²) in [5.74, 6) is -1.45. The first-order chi connectivity index (χ1) is 10.1. The van der Waals surface area contributed by atoms with Crippen molar-refractivity contribution in [2.45, 2.75) is 18.9 Å². The Labute approximate surface area is 126 Å². The normalized spacial score (nSPS) is 17.2. The van der Waals surface area contributed by atoms with Crippen molar-refractivity contribution < 1.29 is 23.9 Å². The largest absolute Gasteiger partial charge is 0.463 e. The summed E-state index contributed by atoms with van der Waals surface area (Å²) in [5, 5.41) is 2.91. The molecule has 1 aromatic carbocycles. The first-order valence-electron chi connectivity index (χ1n) is 6.47. The Kier molecular flexibility index (Phi) is 5.16. The van der Waals surface area contributed by atoms with Crippen molar-refractivity contribution in [3.8, 4) is 0 Å². The second-order valence-corrected chi connectivity index (χ2v) is 4.83. The van der Waals surface area contributed by atoms with E-state index in [2.05, 4.69) is 10.1 Å². The van der Waals surface area contributed by atoms with Crippen LogP contribution in [0.1, 0.15) is 23.2 Å². The molecule has 0 spiro atoms. The van der Waals surface area contributed by atoms with Gasteiger partial charge in [-0.2, -0.15) is 0 Å². The van der Waals surface area contributed by atoms with Crippen LogP contribution in [0.3, 0.4) is 0 Å². The van der Waals surface area contributed by atoms with Crippen LogP contribution in [0.5, 0.6) is 0 Å². The average molecular weight is 312 g/mol. The predicted octanol–water partition coefficient (Wildman–Crippen LogP) is 1.32. The summed E-state index contributed by atoms with van der Waals surface area (Å²) in [6, 6.07) is 6.61. The molecule has 1 aliphatic heterocycles. The molecule has 1 unspecified atom stereocenters. The minimum atomic E-state index is -0.822. The zero-order valence-electron chi connectivity index (χ0n) is 11.1. The molecule has 7 heteroatoms. The Balaban J connectivity index is 1.74. The number of hydrogen-bond donors (Lipinski definition) is 1. The van der Waals surface area contributed by atoms with Crippen LogP contribution >= 0.6 is 11.6 Å². The Bertz CT molecular complexity index is 560. The van der Waals surface area contributed by atoms with Crippen LogP contribution in [-0.4, -0.2) is 37.1 Å². The standard InChI is InChI=1S/C14H14ClNO5/c15-10-4-2-1-3-9(10)13(18)16-7-5-12(17)21-11-6-8-20-14(11)19/h1-4,11H,5-8H2,(H,16,18). The van der Waals surface area contributed by atoms with Crippen LogP contribution in [0.2, 0.25) is 5.02 Å². The van der Waals surface area contributed by atoms with Gasteiger partial charge in [-0.25, -0.2) is 4.79 Å². The van der Waals surface area contributed by atoms with Gasteiger partial charge >= 0.3 is 11.9 Å². The monoisotopic (exact) mass is 311 g/mol. The highest BCUT2D eigenvalue weighted by molar-refractivity contribution is 6.33. The number of carbonyl (C=O) groups excluding carboxylic acids is 3. The van der Waals surface area contributed by atoms with Gasteiger partial charge in [0.15, 0.2) is 0 Å². The molecular formula is C14H14ClNO5. The molecule has 1 aliphatic rings. The lowest BCUT2D eigenvalue weighted by molar-refractivity contribution is -0.160. The zero-order chi connectivity index (χ0) is 15.2. The van der Waals surface area contributed by atoms with Gasteiger partial charge in [-0.1, -0.05) is 23.7 Å². The fourth-order valence-corrected chi connectivity index (χ4v) is 2.04. The average Bonchev–Trinajstić information content (AvgIpc) is 2.84. The molecule has 1 atom stereocenters. The summed E-state index contributed by atoms with van der Waals surface area (Å²) < 4.78 is 9.62. The van der Waals surface area contributed by atoms with Crippen molar-refractivity contribution in [2.24, 2.45) is 0 Å². The van der Waals surface area contributed by atoms with Crippen molar-refractivity contribution in [3.63, 3.8) is 0 Å². The highest BCUT2D eigenvalue weighted by atomic mass is 35.5. The van der Waals surface area contributed by atoms with Gasteiger partial charge in [0.2, 0.25) is 6.10 Å². The number of ether oxygens (including phenoxy) is 2. The smallest absolute Gasteiger partial charge is 0.347 e. The molecule has 1 N–H and O–H groups in total. The summed E-state index contributed by atoms with van der Waals surface area (Å²) in [4.78, 5) is 34.5. The topological polar surface area (TPSA) is 81.7 Å². The lowest BCUT2D eigenvalue weighted by atomic mass is 10.2. The van der Waals surface area contributed by atoms with Gasteiger partial charge in [-0.15, -0.1) is 0 Å². The summed E-state index contributed by atoms with van der Waals surface area (Å²) in [7, 11) is 0. The highest BCUT2D eigenvalue weighted by Gasteiger charge is 2.29. The molecule has 1 amide bonds. The molecule has 21 heavy (non-hydrogen) atoms. The van der Waals surface area contributed by atoms with Crippen LogP contribution in [0, 0.1) is 0 Å². The van der Waals surface area contributed by atoms with Gasteiger partial charge in [-0.3, -0.25) is 9.59 Å². The van der Waals surface area contributed by atoms with E-state index in [0.717, 1.165) is 0 Å². The fraction of sp³-hybridized carbons (Fsp3) is 0.357.